The molecule has 0 amide bonds. The molecule has 2 aliphatic rings. The molecule has 0 radical (unpaired) electrons. The summed E-state index contributed by atoms with van der Waals surface area (Å²) in [5.41, 5.74) is 0. The van der Waals surface area contributed by atoms with Gasteiger partial charge in [-0.25, -0.2) is 0 Å². The van der Waals surface area contributed by atoms with E-state index in [0.717, 1.165) is 0 Å². The van der Waals surface area contributed by atoms with Crippen LogP contribution in [0.3, 0.4) is 0 Å². The topological polar surface area (TPSA) is 47.9 Å². The standard InChI is InChI=1S/C11H19NO3/c1-6-7(2)9-10(8(6)5-12-13)15-11(3,4)14-9/h6-10H,5H2,1-4H3/t6-,7+,8-,9?,10?/m0/s1. The first-order valence-electron chi connectivity index (χ1n) is 5.61. The minimum Gasteiger partial charge on any atom is -0.344 e. The maximum atomic E-state index is 10.4. The molecule has 1 saturated heterocycles. The first-order chi connectivity index (χ1) is 6.96. The highest BCUT2D eigenvalue weighted by Crippen LogP contribution is 2.47. The molecule has 15 heavy (non-hydrogen) atoms. The van der Waals surface area contributed by atoms with E-state index in [1.165, 1.54) is 0 Å². The van der Waals surface area contributed by atoms with Crippen LogP contribution >= 0.6 is 0 Å². The smallest absolute Gasteiger partial charge is 0.163 e. The Kier molecular flexibility index (Phi) is 2.59. The zero-order valence-electron chi connectivity index (χ0n) is 9.77. The predicted octanol–water partition coefficient (Wildman–Crippen LogP) is 2.17. The number of hydrogen-bond acceptors (Lipinski definition) is 4. The van der Waals surface area contributed by atoms with Gasteiger partial charge in [0.25, 0.3) is 0 Å². The maximum absolute atomic E-state index is 10.4. The normalized spacial score (nSPS) is 47.9. The fourth-order valence-electron chi connectivity index (χ4n) is 2.90. The van der Waals surface area contributed by atoms with Gasteiger partial charge in [0, 0.05) is 5.92 Å². The summed E-state index contributed by atoms with van der Waals surface area (Å²) in [6.45, 7) is 8.50. The minimum absolute atomic E-state index is 0.0442. The van der Waals surface area contributed by atoms with Gasteiger partial charge in [-0.1, -0.05) is 19.0 Å². The molecular formula is C11H19NO3. The second-order valence-electron chi connectivity index (χ2n) is 5.26. The van der Waals surface area contributed by atoms with Crippen LogP contribution in [0, 0.1) is 22.7 Å². The van der Waals surface area contributed by atoms with Crippen molar-refractivity contribution in [1.29, 1.82) is 0 Å². The van der Waals surface area contributed by atoms with Crippen molar-refractivity contribution >= 4 is 0 Å². The van der Waals surface area contributed by atoms with Gasteiger partial charge < -0.3 is 9.47 Å². The highest BCUT2D eigenvalue weighted by molar-refractivity contribution is 5.00. The van der Waals surface area contributed by atoms with Gasteiger partial charge in [0.2, 0.25) is 0 Å². The Balaban J connectivity index is 2.18. The number of hydrogen-bond donors (Lipinski definition) is 0. The molecular weight excluding hydrogens is 194 g/mol. The molecule has 1 saturated carbocycles. The van der Waals surface area contributed by atoms with Crippen molar-refractivity contribution in [2.24, 2.45) is 22.9 Å². The van der Waals surface area contributed by atoms with Crippen molar-refractivity contribution in [1.82, 2.24) is 0 Å². The van der Waals surface area contributed by atoms with Gasteiger partial charge in [-0.3, -0.25) is 0 Å². The summed E-state index contributed by atoms with van der Waals surface area (Å²) in [6, 6.07) is 0. The average molecular weight is 213 g/mol. The van der Waals surface area contributed by atoms with Gasteiger partial charge in [0.1, 0.15) is 0 Å². The van der Waals surface area contributed by atoms with E-state index in [0.29, 0.717) is 18.4 Å². The van der Waals surface area contributed by atoms with Gasteiger partial charge in [0.05, 0.1) is 18.8 Å². The van der Waals surface area contributed by atoms with Crippen molar-refractivity contribution in [3.05, 3.63) is 4.91 Å². The van der Waals surface area contributed by atoms with E-state index >= 15 is 0 Å². The third kappa shape index (κ3) is 1.70. The molecule has 0 bridgehead atoms. The largest absolute Gasteiger partial charge is 0.344 e. The molecule has 1 aliphatic carbocycles. The monoisotopic (exact) mass is 213 g/mol. The van der Waals surface area contributed by atoms with Crippen LogP contribution in [-0.4, -0.2) is 24.5 Å². The van der Waals surface area contributed by atoms with Crippen LogP contribution in [0.5, 0.6) is 0 Å². The Morgan fingerprint density at radius 3 is 2.33 bits per heavy atom. The lowest BCUT2D eigenvalue weighted by molar-refractivity contribution is -0.164. The molecule has 0 aromatic carbocycles. The van der Waals surface area contributed by atoms with Crippen molar-refractivity contribution in [3.63, 3.8) is 0 Å². The van der Waals surface area contributed by atoms with Crippen molar-refractivity contribution in [2.45, 2.75) is 45.7 Å². The molecule has 86 valence electrons. The average Bonchev–Trinajstić information content (AvgIpc) is 2.56. The van der Waals surface area contributed by atoms with E-state index in [4.69, 9.17) is 9.47 Å². The quantitative estimate of drug-likeness (QED) is 0.660. The molecule has 1 aliphatic heterocycles. The van der Waals surface area contributed by atoms with Crippen LogP contribution in [-0.2, 0) is 9.47 Å². The minimum atomic E-state index is -0.509. The molecule has 0 N–H and O–H groups in total. The summed E-state index contributed by atoms with van der Waals surface area (Å²) in [4.78, 5) is 10.4. The van der Waals surface area contributed by atoms with Crippen LogP contribution < -0.4 is 0 Å². The molecule has 1 heterocycles. The molecule has 4 nitrogen and oxygen atoms in total. The van der Waals surface area contributed by atoms with Crippen molar-refractivity contribution in [3.8, 4) is 0 Å². The van der Waals surface area contributed by atoms with Crippen LogP contribution in [0.15, 0.2) is 5.18 Å². The Hall–Kier alpha value is -0.480. The van der Waals surface area contributed by atoms with E-state index < -0.39 is 5.79 Å². The SMILES string of the molecule is C[C@@H]1[C@H](CN=O)C2OC(C)(C)OC2[C@@H]1C. The highest BCUT2D eigenvalue weighted by atomic mass is 16.8. The fourth-order valence-corrected chi connectivity index (χ4v) is 2.90. The van der Waals surface area contributed by atoms with Gasteiger partial charge in [-0.05, 0) is 25.7 Å². The van der Waals surface area contributed by atoms with E-state index in [1.54, 1.807) is 0 Å². The van der Waals surface area contributed by atoms with Crippen LogP contribution in [0.2, 0.25) is 0 Å². The summed E-state index contributed by atoms with van der Waals surface area (Å²) in [5.74, 6) is 0.576. The number of nitrogens with zero attached hydrogens (tertiary/aromatic N) is 1. The Bertz CT molecular complexity index is 267. The number of fused-ring (bicyclic) bond motifs is 1. The molecule has 2 unspecified atom stereocenters. The first kappa shape index (κ1) is 11.0. The third-order valence-corrected chi connectivity index (χ3v) is 3.89. The van der Waals surface area contributed by atoms with Gasteiger partial charge in [-0.15, -0.1) is 0 Å². The third-order valence-electron chi connectivity index (χ3n) is 3.89. The Labute approximate surface area is 90.3 Å². The number of nitroso groups, excluding NO2 is 1. The lowest BCUT2D eigenvalue weighted by Crippen LogP contribution is -2.29. The highest BCUT2D eigenvalue weighted by Gasteiger charge is 2.55. The second kappa shape index (κ2) is 3.52. The number of ether oxygens (including phenoxy) is 2. The molecule has 0 aromatic rings. The molecule has 4 heteroatoms. The first-order valence-corrected chi connectivity index (χ1v) is 5.61. The summed E-state index contributed by atoms with van der Waals surface area (Å²) >= 11 is 0. The number of rotatable bonds is 2. The molecule has 0 spiro atoms. The summed E-state index contributed by atoms with van der Waals surface area (Å²) < 4.78 is 11.7. The van der Waals surface area contributed by atoms with Gasteiger partial charge in [0.15, 0.2) is 5.79 Å². The Morgan fingerprint density at radius 2 is 1.73 bits per heavy atom. The summed E-state index contributed by atoms with van der Waals surface area (Å²) in [7, 11) is 0. The Morgan fingerprint density at radius 1 is 1.13 bits per heavy atom. The zero-order chi connectivity index (χ0) is 11.2. The summed E-state index contributed by atoms with van der Waals surface area (Å²) in [5, 5.41) is 3.03. The lowest BCUT2D eigenvalue weighted by atomic mass is 9.92. The van der Waals surface area contributed by atoms with Crippen molar-refractivity contribution in [2.75, 3.05) is 6.54 Å². The van der Waals surface area contributed by atoms with E-state index in [9.17, 15) is 4.91 Å². The summed E-state index contributed by atoms with van der Waals surface area (Å²) in [6.07, 6.45) is 0.171. The fraction of sp³-hybridized carbons (Fsp3) is 1.00. The van der Waals surface area contributed by atoms with E-state index in [2.05, 4.69) is 19.0 Å². The van der Waals surface area contributed by atoms with Crippen LogP contribution in [0.4, 0.5) is 0 Å². The predicted molar refractivity (Wildman–Crippen MR) is 56.3 cm³/mol. The van der Waals surface area contributed by atoms with Gasteiger partial charge in [-0.2, -0.15) is 4.91 Å². The molecule has 5 atom stereocenters. The maximum Gasteiger partial charge on any atom is 0.163 e. The molecule has 0 aromatic heterocycles. The zero-order valence-corrected chi connectivity index (χ0v) is 9.77. The second-order valence-corrected chi connectivity index (χ2v) is 5.26. The van der Waals surface area contributed by atoms with E-state index in [-0.39, 0.29) is 18.1 Å². The van der Waals surface area contributed by atoms with Crippen LogP contribution in [0.25, 0.3) is 0 Å². The molecule has 2 fully saturated rings. The lowest BCUT2D eigenvalue weighted by Gasteiger charge is -2.25. The van der Waals surface area contributed by atoms with Crippen LogP contribution in [0.1, 0.15) is 27.7 Å². The van der Waals surface area contributed by atoms with Crippen molar-refractivity contribution < 1.29 is 9.47 Å². The van der Waals surface area contributed by atoms with Gasteiger partial charge >= 0.3 is 0 Å². The van der Waals surface area contributed by atoms with E-state index in [1.807, 2.05) is 13.8 Å². The molecule has 2 rings (SSSR count).